The average molecular weight is 385 g/mol. The Morgan fingerprint density at radius 3 is 2.66 bits per heavy atom. The second kappa shape index (κ2) is 8.48. The zero-order chi connectivity index (χ0) is 20.1. The van der Waals surface area contributed by atoms with Gasteiger partial charge in [-0.15, -0.1) is 0 Å². The van der Waals surface area contributed by atoms with Crippen LogP contribution in [0.2, 0.25) is 0 Å². The maximum Gasteiger partial charge on any atom is 0.331 e. The lowest BCUT2D eigenvalue weighted by molar-refractivity contribution is -0.147. The van der Waals surface area contributed by atoms with Crippen LogP contribution in [0.4, 0.5) is 0 Å². The number of hydrogen-bond acceptors (Lipinski definition) is 5. The number of hydrogen-bond donors (Lipinski definition) is 0. The second-order valence-electron chi connectivity index (χ2n) is 6.55. The Morgan fingerprint density at radius 1 is 1.00 bits per heavy atom. The van der Waals surface area contributed by atoms with E-state index in [1.807, 2.05) is 66.7 Å². The molecule has 1 aliphatic rings. The van der Waals surface area contributed by atoms with E-state index in [9.17, 15) is 9.59 Å². The van der Waals surface area contributed by atoms with E-state index in [2.05, 4.69) is 10.1 Å². The maximum atomic E-state index is 12.3. The molecule has 0 radical (unpaired) electrons. The van der Waals surface area contributed by atoms with E-state index in [0.29, 0.717) is 18.7 Å². The number of aromatic nitrogens is 1. The number of esters is 1. The predicted octanol–water partition coefficient (Wildman–Crippen LogP) is 3.43. The summed E-state index contributed by atoms with van der Waals surface area (Å²) in [6, 6.07) is 21.2. The molecule has 0 spiro atoms. The highest BCUT2D eigenvalue weighted by Gasteiger charge is 2.22. The summed E-state index contributed by atoms with van der Waals surface area (Å²) in [5.41, 5.74) is 3.33. The number of amides is 1. The molecule has 3 aromatic rings. The third kappa shape index (κ3) is 4.55. The van der Waals surface area contributed by atoms with Crippen molar-refractivity contribution < 1.29 is 14.3 Å². The zero-order valence-corrected chi connectivity index (χ0v) is 15.7. The molecule has 0 fully saturated rings. The molecule has 2 aromatic carbocycles. The summed E-state index contributed by atoms with van der Waals surface area (Å²) in [5.74, 6) is -0.943. The van der Waals surface area contributed by atoms with Crippen molar-refractivity contribution in [2.45, 2.75) is 6.42 Å². The molecule has 6 nitrogen and oxygen atoms in total. The zero-order valence-electron chi connectivity index (χ0n) is 15.7. The van der Waals surface area contributed by atoms with Crippen molar-refractivity contribution in [1.29, 1.82) is 0 Å². The van der Waals surface area contributed by atoms with Gasteiger partial charge in [0.25, 0.3) is 5.91 Å². The molecule has 6 heteroatoms. The quantitative estimate of drug-likeness (QED) is 0.498. The number of hydrazone groups is 1. The fourth-order valence-electron chi connectivity index (χ4n) is 3.05. The molecular formula is C23H19N3O3. The minimum atomic E-state index is -0.597. The van der Waals surface area contributed by atoms with Crippen molar-refractivity contribution in [2.24, 2.45) is 5.10 Å². The van der Waals surface area contributed by atoms with Gasteiger partial charge in [0, 0.05) is 17.9 Å². The highest BCUT2D eigenvalue weighted by molar-refractivity contribution is 6.02. The summed E-state index contributed by atoms with van der Waals surface area (Å²) in [7, 11) is 0. The van der Waals surface area contributed by atoms with Crippen molar-refractivity contribution in [2.75, 3.05) is 13.2 Å². The summed E-state index contributed by atoms with van der Waals surface area (Å²) >= 11 is 0. The number of rotatable bonds is 5. The molecule has 0 unspecified atom stereocenters. The van der Waals surface area contributed by atoms with E-state index in [1.54, 1.807) is 6.08 Å². The molecule has 29 heavy (non-hydrogen) atoms. The van der Waals surface area contributed by atoms with Crippen molar-refractivity contribution >= 4 is 34.6 Å². The minimum Gasteiger partial charge on any atom is -0.452 e. The first-order valence-electron chi connectivity index (χ1n) is 9.33. The summed E-state index contributed by atoms with van der Waals surface area (Å²) in [4.78, 5) is 28.6. The third-order valence-electron chi connectivity index (χ3n) is 4.54. The van der Waals surface area contributed by atoms with Gasteiger partial charge >= 0.3 is 5.97 Å². The molecule has 0 saturated carbocycles. The fourth-order valence-corrected chi connectivity index (χ4v) is 3.05. The van der Waals surface area contributed by atoms with Crippen molar-refractivity contribution in [3.8, 4) is 0 Å². The minimum absolute atomic E-state index is 0.346. The number of carbonyl (C=O) groups excluding carboxylic acids is 2. The van der Waals surface area contributed by atoms with Crippen LogP contribution >= 0.6 is 0 Å². The van der Waals surface area contributed by atoms with Crippen LogP contribution < -0.4 is 0 Å². The molecule has 1 amide bonds. The number of benzene rings is 2. The van der Waals surface area contributed by atoms with Gasteiger partial charge in [-0.3, -0.25) is 4.79 Å². The molecule has 2 heterocycles. The van der Waals surface area contributed by atoms with E-state index in [1.165, 1.54) is 11.1 Å². The van der Waals surface area contributed by atoms with Gasteiger partial charge in [0.1, 0.15) is 0 Å². The first-order valence-corrected chi connectivity index (χ1v) is 9.33. The van der Waals surface area contributed by atoms with Crippen molar-refractivity contribution in [3.63, 3.8) is 0 Å². The largest absolute Gasteiger partial charge is 0.452 e. The molecule has 1 aromatic heterocycles. The van der Waals surface area contributed by atoms with Crippen LogP contribution in [-0.2, 0) is 14.3 Å². The van der Waals surface area contributed by atoms with Gasteiger partial charge in [-0.1, -0.05) is 54.6 Å². The highest BCUT2D eigenvalue weighted by atomic mass is 16.5. The second-order valence-corrected chi connectivity index (χ2v) is 6.55. The van der Waals surface area contributed by atoms with Gasteiger partial charge in [0.15, 0.2) is 6.61 Å². The normalized spacial score (nSPS) is 13.7. The fraction of sp³-hybridized carbons (Fsp3) is 0.130. The van der Waals surface area contributed by atoms with E-state index < -0.39 is 5.97 Å². The van der Waals surface area contributed by atoms with Gasteiger partial charge in [-0.05, 0) is 23.8 Å². The molecule has 0 N–H and O–H groups in total. The Kier molecular flexibility index (Phi) is 5.42. The molecule has 0 aliphatic carbocycles. The van der Waals surface area contributed by atoms with E-state index in [0.717, 1.165) is 22.2 Å². The number of para-hydroxylation sites is 1. The molecule has 144 valence electrons. The lowest BCUT2D eigenvalue weighted by Crippen LogP contribution is -2.28. The van der Waals surface area contributed by atoms with E-state index in [4.69, 9.17) is 4.74 Å². The lowest BCUT2D eigenvalue weighted by Gasteiger charge is -2.10. The van der Waals surface area contributed by atoms with Gasteiger partial charge in [-0.25, -0.2) is 14.8 Å². The van der Waals surface area contributed by atoms with Gasteiger partial charge in [-0.2, -0.15) is 5.10 Å². The van der Waals surface area contributed by atoms with Crippen LogP contribution in [0, 0.1) is 0 Å². The van der Waals surface area contributed by atoms with Crippen LogP contribution in [-0.4, -0.2) is 40.7 Å². The Bertz CT molecular complexity index is 1110. The highest BCUT2D eigenvalue weighted by Crippen LogP contribution is 2.14. The topological polar surface area (TPSA) is 71.9 Å². The Balaban J connectivity index is 1.31. The van der Waals surface area contributed by atoms with Crippen molar-refractivity contribution in [1.82, 2.24) is 9.99 Å². The summed E-state index contributed by atoms with van der Waals surface area (Å²) in [6.07, 6.45) is 3.52. The van der Waals surface area contributed by atoms with Crippen LogP contribution in [0.1, 0.15) is 17.7 Å². The Hall–Kier alpha value is -3.80. The Labute approximate surface area is 168 Å². The Morgan fingerprint density at radius 2 is 1.79 bits per heavy atom. The number of pyridine rings is 1. The first-order chi connectivity index (χ1) is 14.2. The monoisotopic (exact) mass is 385 g/mol. The van der Waals surface area contributed by atoms with Gasteiger partial charge < -0.3 is 4.74 Å². The molecule has 4 rings (SSSR count). The molecule has 0 bridgehead atoms. The lowest BCUT2D eigenvalue weighted by atomic mass is 10.1. The molecule has 1 aliphatic heterocycles. The average Bonchev–Trinajstić information content (AvgIpc) is 3.27. The number of fused-ring (bicyclic) bond motifs is 1. The van der Waals surface area contributed by atoms with Crippen LogP contribution in [0.5, 0.6) is 0 Å². The van der Waals surface area contributed by atoms with Crippen molar-refractivity contribution in [3.05, 3.63) is 84.1 Å². The van der Waals surface area contributed by atoms with Gasteiger partial charge in [0.2, 0.25) is 0 Å². The van der Waals surface area contributed by atoms with E-state index >= 15 is 0 Å². The van der Waals surface area contributed by atoms with Crippen LogP contribution in [0.25, 0.3) is 17.0 Å². The van der Waals surface area contributed by atoms with Gasteiger partial charge in [0.05, 0.1) is 23.5 Å². The predicted molar refractivity (Wildman–Crippen MR) is 111 cm³/mol. The standard InChI is InChI=1S/C23H19N3O3/c27-22(26-15-14-21(25-26)17-6-2-1-3-7-17)16-29-23(28)13-12-19-11-10-18-8-4-5-9-20(18)24-19/h1-13H,14-16H2/b13-12+. The maximum absolute atomic E-state index is 12.3. The summed E-state index contributed by atoms with van der Waals surface area (Å²) in [5, 5.41) is 6.72. The summed E-state index contributed by atoms with van der Waals surface area (Å²) in [6.45, 7) is 0.136. The summed E-state index contributed by atoms with van der Waals surface area (Å²) < 4.78 is 5.05. The number of ether oxygens (including phenoxy) is 1. The molecule has 0 atom stereocenters. The molecular weight excluding hydrogens is 366 g/mol. The third-order valence-corrected chi connectivity index (χ3v) is 4.54. The van der Waals surface area contributed by atoms with Crippen LogP contribution in [0.15, 0.2) is 77.9 Å². The van der Waals surface area contributed by atoms with Crippen LogP contribution in [0.3, 0.4) is 0 Å². The number of nitrogens with zero attached hydrogens (tertiary/aromatic N) is 3. The SMILES string of the molecule is O=C(/C=C/c1ccc2ccccc2n1)OCC(=O)N1CCC(c2ccccc2)=N1. The molecule has 0 saturated heterocycles. The smallest absolute Gasteiger partial charge is 0.331 e. The number of carbonyl (C=O) groups is 2. The first kappa shape index (κ1) is 18.6. The van der Waals surface area contributed by atoms with E-state index in [-0.39, 0.29) is 12.5 Å².